The smallest absolute Gasteiger partial charge is 0.323 e. The number of rotatable bonds is 3. The summed E-state index contributed by atoms with van der Waals surface area (Å²) in [5, 5.41) is 0. The molecule has 1 atom stereocenters. The Morgan fingerprint density at radius 2 is 1.85 bits per heavy atom. The van der Waals surface area contributed by atoms with Gasteiger partial charge < -0.3 is 5.73 Å². The number of aryl methyl sites for hydroxylation is 1. The molecule has 0 fully saturated rings. The molecule has 2 N–H and O–H groups in total. The Kier molecular flexibility index (Phi) is 4.56. The van der Waals surface area contributed by atoms with E-state index in [1.165, 1.54) is 12.1 Å². The monoisotopic (exact) mass is 363 g/mol. The van der Waals surface area contributed by atoms with Crippen LogP contribution < -0.4 is 5.73 Å². The van der Waals surface area contributed by atoms with Gasteiger partial charge in [-0.15, -0.1) is 11.3 Å². The number of hydrogen-bond donors (Lipinski definition) is 1. The van der Waals surface area contributed by atoms with Crippen molar-refractivity contribution in [2.45, 2.75) is 25.6 Å². The van der Waals surface area contributed by atoms with Crippen molar-refractivity contribution in [1.82, 2.24) is 0 Å². The maximum atomic E-state index is 12.5. The summed E-state index contributed by atoms with van der Waals surface area (Å²) in [6.45, 7) is 1.98. The molecule has 0 amide bonds. The van der Waals surface area contributed by atoms with Crippen molar-refractivity contribution in [1.29, 1.82) is 0 Å². The maximum absolute atomic E-state index is 12.5. The van der Waals surface area contributed by atoms with Crippen LogP contribution in [-0.2, 0) is 12.6 Å². The first kappa shape index (κ1) is 15.5. The van der Waals surface area contributed by atoms with Gasteiger partial charge in [-0.2, -0.15) is 13.2 Å². The first-order chi connectivity index (χ1) is 9.27. The molecular formula is C14H13BrF3NS. The summed E-state index contributed by atoms with van der Waals surface area (Å²) in [6, 6.07) is 6.96. The molecule has 0 radical (unpaired) electrons. The Hall–Kier alpha value is -0.850. The van der Waals surface area contributed by atoms with E-state index < -0.39 is 11.7 Å². The summed E-state index contributed by atoms with van der Waals surface area (Å²) >= 11 is 5.00. The number of alkyl halides is 3. The first-order valence-electron chi connectivity index (χ1n) is 5.95. The molecule has 1 unspecified atom stereocenters. The van der Waals surface area contributed by atoms with Crippen LogP contribution in [0.2, 0.25) is 0 Å². The standard InChI is InChI=1S/C14H13BrF3NS/c1-8-6-12(20-13(8)15)11(19)7-9-2-4-10(5-3-9)14(16,17)18/h2-6,11H,7,19H2,1H3. The Labute approximate surface area is 127 Å². The molecule has 108 valence electrons. The zero-order chi connectivity index (χ0) is 14.9. The summed E-state index contributed by atoms with van der Waals surface area (Å²) in [5.41, 5.74) is 7.38. The summed E-state index contributed by atoms with van der Waals surface area (Å²) in [5.74, 6) is 0. The van der Waals surface area contributed by atoms with Gasteiger partial charge in [0.15, 0.2) is 0 Å². The Bertz CT molecular complexity index is 570. The summed E-state index contributed by atoms with van der Waals surface area (Å²) in [6.07, 6.45) is -3.78. The second-order valence-corrected chi connectivity index (χ2v) is 7.01. The average Bonchev–Trinajstić information content (AvgIpc) is 2.69. The molecule has 0 bridgehead atoms. The van der Waals surface area contributed by atoms with Crippen LogP contribution >= 0.6 is 27.3 Å². The molecule has 0 saturated heterocycles. The molecule has 2 rings (SSSR count). The van der Waals surface area contributed by atoms with Gasteiger partial charge in [-0.05, 0) is 58.6 Å². The molecule has 1 nitrogen and oxygen atoms in total. The predicted octanol–water partition coefficient (Wildman–Crippen LogP) is 5.08. The van der Waals surface area contributed by atoms with Crippen molar-refractivity contribution in [2.75, 3.05) is 0 Å². The molecule has 0 aliphatic heterocycles. The van der Waals surface area contributed by atoms with E-state index in [9.17, 15) is 13.2 Å². The van der Waals surface area contributed by atoms with Gasteiger partial charge in [0.05, 0.1) is 9.35 Å². The fraction of sp³-hybridized carbons (Fsp3) is 0.286. The lowest BCUT2D eigenvalue weighted by Crippen LogP contribution is -2.12. The van der Waals surface area contributed by atoms with E-state index in [0.29, 0.717) is 6.42 Å². The highest BCUT2D eigenvalue weighted by atomic mass is 79.9. The number of thiophene rings is 1. The van der Waals surface area contributed by atoms with Gasteiger partial charge in [-0.25, -0.2) is 0 Å². The lowest BCUT2D eigenvalue weighted by atomic mass is 10.0. The lowest BCUT2D eigenvalue weighted by Gasteiger charge is -2.11. The predicted molar refractivity (Wildman–Crippen MR) is 78.8 cm³/mol. The normalized spacial score (nSPS) is 13.5. The second-order valence-electron chi connectivity index (χ2n) is 4.61. The average molecular weight is 364 g/mol. The van der Waals surface area contributed by atoms with Gasteiger partial charge in [-0.3, -0.25) is 0 Å². The van der Waals surface area contributed by atoms with Crippen LogP contribution in [0.4, 0.5) is 13.2 Å². The third kappa shape index (κ3) is 3.62. The second kappa shape index (κ2) is 5.87. The Morgan fingerprint density at radius 3 is 2.30 bits per heavy atom. The minimum absolute atomic E-state index is 0.207. The van der Waals surface area contributed by atoms with E-state index in [2.05, 4.69) is 15.9 Å². The van der Waals surface area contributed by atoms with Crippen molar-refractivity contribution in [3.63, 3.8) is 0 Å². The topological polar surface area (TPSA) is 26.0 Å². The largest absolute Gasteiger partial charge is 0.416 e. The first-order valence-corrected chi connectivity index (χ1v) is 7.56. The molecule has 6 heteroatoms. The third-order valence-corrected chi connectivity index (χ3v) is 5.25. The SMILES string of the molecule is Cc1cc(C(N)Cc2ccc(C(F)(F)F)cc2)sc1Br. The zero-order valence-electron chi connectivity index (χ0n) is 10.7. The molecule has 0 spiro atoms. The molecule has 1 aromatic carbocycles. The van der Waals surface area contributed by atoms with Crippen LogP contribution in [0.1, 0.15) is 27.6 Å². The fourth-order valence-corrected chi connectivity index (χ4v) is 3.42. The number of nitrogens with two attached hydrogens (primary N) is 1. The van der Waals surface area contributed by atoms with Crippen LogP contribution in [0.25, 0.3) is 0 Å². The van der Waals surface area contributed by atoms with Gasteiger partial charge in [0, 0.05) is 10.9 Å². The van der Waals surface area contributed by atoms with Crippen LogP contribution in [0.3, 0.4) is 0 Å². The molecule has 1 aromatic heterocycles. The van der Waals surface area contributed by atoms with E-state index in [1.807, 2.05) is 13.0 Å². The molecule has 2 aromatic rings. The highest BCUT2D eigenvalue weighted by Crippen LogP contribution is 2.33. The van der Waals surface area contributed by atoms with E-state index in [1.54, 1.807) is 11.3 Å². The van der Waals surface area contributed by atoms with E-state index >= 15 is 0 Å². The highest BCUT2D eigenvalue weighted by Gasteiger charge is 2.29. The van der Waals surface area contributed by atoms with E-state index in [4.69, 9.17) is 5.73 Å². The van der Waals surface area contributed by atoms with Gasteiger partial charge in [0.2, 0.25) is 0 Å². The van der Waals surface area contributed by atoms with Gasteiger partial charge in [0.25, 0.3) is 0 Å². The van der Waals surface area contributed by atoms with Crippen molar-refractivity contribution in [3.8, 4) is 0 Å². The van der Waals surface area contributed by atoms with Crippen molar-refractivity contribution in [3.05, 3.63) is 55.7 Å². The van der Waals surface area contributed by atoms with Crippen LogP contribution in [-0.4, -0.2) is 0 Å². The number of halogens is 4. The van der Waals surface area contributed by atoms with E-state index in [-0.39, 0.29) is 6.04 Å². The minimum atomic E-state index is -4.30. The molecular weight excluding hydrogens is 351 g/mol. The van der Waals surface area contributed by atoms with Crippen molar-refractivity contribution < 1.29 is 13.2 Å². The third-order valence-electron chi connectivity index (χ3n) is 2.98. The number of hydrogen-bond acceptors (Lipinski definition) is 2. The minimum Gasteiger partial charge on any atom is -0.323 e. The van der Waals surface area contributed by atoms with Gasteiger partial charge in [-0.1, -0.05) is 12.1 Å². The molecule has 0 aliphatic carbocycles. The highest BCUT2D eigenvalue weighted by molar-refractivity contribution is 9.11. The van der Waals surface area contributed by atoms with E-state index in [0.717, 1.165) is 31.9 Å². The maximum Gasteiger partial charge on any atom is 0.416 e. The summed E-state index contributed by atoms with van der Waals surface area (Å²) in [4.78, 5) is 1.02. The van der Waals surface area contributed by atoms with Crippen LogP contribution in [0.5, 0.6) is 0 Å². The molecule has 20 heavy (non-hydrogen) atoms. The molecule has 1 heterocycles. The van der Waals surface area contributed by atoms with Crippen molar-refractivity contribution >= 4 is 27.3 Å². The lowest BCUT2D eigenvalue weighted by molar-refractivity contribution is -0.137. The summed E-state index contributed by atoms with van der Waals surface area (Å²) < 4.78 is 38.4. The van der Waals surface area contributed by atoms with Crippen LogP contribution in [0.15, 0.2) is 34.1 Å². The number of benzene rings is 1. The van der Waals surface area contributed by atoms with Crippen molar-refractivity contribution in [2.24, 2.45) is 5.73 Å². The zero-order valence-corrected chi connectivity index (χ0v) is 13.1. The molecule has 0 aliphatic rings. The van der Waals surface area contributed by atoms with Crippen LogP contribution in [0, 0.1) is 6.92 Å². The Morgan fingerprint density at radius 1 is 1.25 bits per heavy atom. The van der Waals surface area contributed by atoms with Gasteiger partial charge in [0.1, 0.15) is 0 Å². The quantitative estimate of drug-likeness (QED) is 0.808. The molecule has 0 saturated carbocycles. The Balaban J connectivity index is 2.10. The summed E-state index contributed by atoms with van der Waals surface area (Å²) in [7, 11) is 0. The fourth-order valence-electron chi connectivity index (χ4n) is 1.85. The van der Waals surface area contributed by atoms with Gasteiger partial charge >= 0.3 is 6.18 Å².